The highest BCUT2D eigenvalue weighted by Gasteiger charge is 2.32. The number of ketones is 1. The summed E-state index contributed by atoms with van der Waals surface area (Å²) in [6.07, 6.45) is 1.34. The lowest BCUT2D eigenvalue weighted by Crippen LogP contribution is -2.28. The fourth-order valence-corrected chi connectivity index (χ4v) is 3.13. The Labute approximate surface area is 137 Å². The number of carbonyl (C=O) groups excluding carboxylic acids is 1. The van der Waals surface area contributed by atoms with Gasteiger partial charge in [-0.15, -0.1) is 0 Å². The van der Waals surface area contributed by atoms with Gasteiger partial charge in [-0.05, 0) is 30.4 Å². The molecule has 0 amide bonds. The van der Waals surface area contributed by atoms with Gasteiger partial charge >= 0.3 is 0 Å². The molecule has 120 valence electrons. The van der Waals surface area contributed by atoms with E-state index in [-0.39, 0.29) is 17.2 Å². The number of aromatic nitrogens is 1. The van der Waals surface area contributed by atoms with Crippen LogP contribution in [0.2, 0.25) is 0 Å². The van der Waals surface area contributed by atoms with Crippen LogP contribution in [0.1, 0.15) is 54.8 Å². The number of benzene rings is 1. The Morgan fingerprint density at radius 1 is 1.22 bits per heavy atom. The summed E-state index contributed by atoms with van der Waals surface area (Å²) in [5.41, 5.74) is 9.30. The van der Waals surface area contributed by atoms with Crippen LogP contribution in [0.15, 0.2) is 36.4 Å². The molecule has 1 aromatic carbocycles. The summed E-state index contributed by atoms with van der Waals surface area (Å²) in [6, 6.07) is 12.0. The molecule has 0 fully saturated rings. The van der Waals surface area contributed by atoms with Crippen LogP contribution in [-0.4, -0.2) is 10.8 Å². The number of nitrogens with two attached hydrogens (primary N) is 1. The number of pyridine rings is 1. The molecule has 0 saturated heterocycles. The quantitative estimate of drug-likeness (QED) is 0.899. The Hall–Kier alpha value is -2.36. The average molecular weight is 309 g/mol. The number of nitrogen functional groups attached to an aromatic ring is 1. The first-order valence-corrected chi connectivity index (χ1v) is 8.00. The lowest BCUT2D eigenvalue weighted by molar-refractivity contribution is 0.0910. The molecular weight excluding hydrogens is 286 g/mol. The van der Waals surface area contributed by atoms with Crippen molar-refractivity contribution in [3.05, 3.63) is 53.2 Å². The number of hydrogen-bond acceptors (Lipinski definition) is 4. The third-order valence-corrected chi connectivity index (χ3v) is 4.37. The number of Topliss-reactive ketones (excluding diaryl/α,β-unsaturated/α-hetero) is 1. The first-order valence-electron chi connectivity index (χ1n) is 8.00. The molecule has 0 aliphatic heterocycles. The normalized spacial score (nSPS) is 17.4. The van der Waals surface area contributed by atoms with E-state index in [0.29, 0.717) is 23.5 Å². The van der Waals surface area contributed by atoms with Crippen molar-refractivity contribution >= 4 is 17.3 Å². The molecule has 3 rings (SSSR count). The van der Waals surface area contributed by atoms with E-state index in [0.717, 1.165) is 12.1 Å². The molecule has 0 bridgehead atoms. The third kappa shape index (κ3) is 3.21. The number of rotatable bonds is 3. The molecule has 3 N–H and O–H groups in total. The van der Waals surface area contributed by atoms with E-state index in [9.17, 15) is 4.79 Å². The molecule has 1 aliphatic rings. The van der Waals surface area contributed by atoms with Crippen LogP contribution in [-0.2, 0) is 6.42 Å². The molecule has 4 heteroatoms. The number of anilines is 2. The molecule has 0 saturated carbocycles. The fraction of sp³-hybridized carbons (Fsp3) is 0.368. The van der Waals surface area contributed by atoms with Gasteiger partial charge in [0.1, 0.15) is 5.82 Å². The predicted molar refractivity (Wildman–Crippen MR) is 93.6 cm³/mol. The predicted octanol–water partition coefficient (Wildman–Crippen LogP) is 3.99. The molecule has 0 spiro atoms. The van der Waals surface area contributed by atoms with Crippen molar-refractivity contribution in [1.82, 2.24) is 4.98 Å². The van der Waals surface area contributed by atoms with E-state index >= 15 is 0 Å². The number of nitrogens with zero attached hydrogens (tertiary/aromatic N) is 1. The van der Waals surface area contributed by atoms with Crippen molar-refractivity contribution in [2.45, 2.75) is 39.7 Å². The Balaban J connectivity index is 1.91. The number of hydrogen-bond donors (Lipinski definition) is 2. The van der Waals surface area contributed by atoms with Gasteiger partial charge in [0.2, 0.25) is 0 Å². The molecule has 1 unspecified atom stereocenters. The minimum atomic E-state index is -0.0461. The Morgan fingerprint density at radius 3 is 2.61 bits per heavy atom. The SMILES string of the molecule is CC(Nc1nc2c(cc1N)C(=O)CC(C)(C)C2)c1ccccc1. The number of fused-ring (bicyclic) bond motifs is 1. The summed E-state index contributed by atoms with van der Waals surface area (Å²) in [5, 5.41) is 3.37. The summed E-state index contributed by atoms with van der Waals surface area (Å²) in [4.78, 5) is 17.0. The van der Waals surface area contributed by atoms with Crippen LogP contribution in [0.4, 0.5) is 11.5 Å². The molecule has 23 heavy (non-hydrogen) atoms. The standard InChI is InChI=1S/C19H23N3O/c1-12(13-7-5-4-6-8-13)21-18-15(20)9-14-16(22-18)10-19(2,3)11-17(14)23/h4-9,12H,10-11,20H2,1-3H3,(H,21,22). The highest BCUT2D eigenvalue weighted by atomic mass is 16.1. The van der Waals surface area contributed by atoms with E-state index in [2.05, 4.69) is 43.2 Å². The van der Waals surface area contributed by atoms with Gasteiger partial charge in [-0.1, -0.05) is 44.2 Å². The highest BCUT2D eigenvalue weighted by Crippen LogP contribution is 2.36. The summed E-state index contributed by atoms with van der Waals surface area (Å²) in [7, 11) is 0. The molecule has 4 nitrogen and oxygen atoms in total. The molecule has 1 atom stereocenters. The first kappa shape index (κ1) is 15.5. The maximum absolute atomic E-state index is 12.3. The lowest BCUT2D eigenvalue weighted by atomic mass is 9.75. The zero-order valence-corrected chi connectivity index (χ0v) is 13.9. The molecular formula is C19H23N3O. The smallest absolute Gasteiger partial charge is 0.165 e. The van der Waals surface area contributed by atoms with Gasteiger partial charge in [0.25, 0.3) is 0 Å². The monoisotopic (exact) mass is 309 g/mol. The Morgan fingerprint density at radius 2 is 1.91 bits per heavy atom. The second-order valence-electron chi connectivity index (χ2n) is 7.14. The minimum Gasteiger partial charge on any atom is -0.396 e. The lowest BCUT2D eigenvalue weighted by Gasteiger charge is -2.30. The van der Waals surface area contributed by atoms with Crippen molar-refractivity contribution in [3.63, 3.8) is 0 Å². The molecule has 0 radical (unpaired) electrons. The second kappa shape index (κ2) is 5.69. The van der Waals surface area contributed by atoms with Gasteiger partial charge in [0, 0.05) is 12.0 Å². The summed E-state index contributed by atoms with van der Waals surface area (Å²) < 4.78 is 0. The second-order valence-corrected chi connectivity index (χ2v) is 7.14. The van der Waals surface area contributed by atoms with Gasteiger partial charge in [-0.3, -0.25) is 4.79 Å². The minimum absolute atomic E-state index is 0.0461. The van der Waals surface area contributed by atoms with Gasteiger partial charge in [0.15, 0.2) is 5.78 Å². The average Bonchev–Trinajstić information content (AvgIpc) is 2.49. The van der Waals surface area contributed by atoms with E-state index < -0.39 is 0 Å². The highest BCUT2D eigenvalue weighted by molar-refractivity contribution is 6.00. The molecule has 1 aromatic heterocycles. The van der Waals surface area contributed by atoms with Crippen LogP contribution in [0, 0.1) is 5.41 Å². The Kier molecular flexibility index (Phi) is 3.84. The molecule has 1 aliphatic carbocycles. The van der Waals surface area contributed by atoms with Crippen LogP contribution >= 0.6 is 0 Å². The first-order chi connectivity index (χ1) is 10.9. The van der Waals surface area contributed by atoms with Crippen molar-refractivity contribution < 1.29 is 4.79 Å². The molecule has 1 heterocycles. The van der Waals surface area contributed by atoms with Crippen molar-refractivity contribution in [2.24, 2.45) is 5.41 Å². The van der Waals surface area contributed by atoms with E-state index in [4.69, 9.17) is 5.73 Å². The Bertz CT molecular complexity index is 738. The number of carbonyl (C=O) groups is 1. The van der Waals surface area contributed by atoms with Gasteiger partial charge in [-0.25, -0.2) is 4.98 Å². The van der Waals surface area contributed by atoms with E-state index in [1.165, 1.54) is 5.56 Å². The number of nitrogens with one attached hydrogen (secondary N) is 1. The van der Waals surface area contributed by atoms with Gasteiger partial charge in [-0.2, -0.15) is 0 Å². The largest absolute Gasteiger partial charge is 0.396 e. The summed E-state index contributed by atoms with van der Waals surface area (Å²) in [5.74, 6) is 0.795. The van der Waals surface area contributed by atoms with Crippen molar-refractivity contribution in [1.29, 1.82) is 0 Å². The van der Waals surface area contributed by atoms with E-state index in [1.54, 1.807) is 6.07 Å². The third-order valence-electron chi connectivity index (χ3n) is 4.37. The molecule has 2 aromatic rings. The zero-order valence-electron chi connectivity index (χ0n) is 13.9. The van der Waals surface area contributed by atoms with Crippen molar-refractivity contribution in [3.8, 4) is 0 Å². The van der Waals surface area contributed by atoms with Crippen LogP contribution in [0.5, 0.6) is 0 Å². The van der Waals surface area contributed by atoms with Gasteiger partial charge in [0.05, 0.1) is 17.4 Å². The summed E-state index contributed by atoms with van der Waals surface area (Å²) >= 11 is 0. The van der Waals surface area contributed by atoms with Crippen LogP contribution in [0.25, 0.3) is 0 Å². The maximum Gasteiger partial charge on any atom is 0.165 e. The topological polar surface area (TPSA) is 68.0 Å². The van der Waals surface area contributed by atoms with Gasteiger partial charge < -0.3 is 11.1 Å². The maximum atomic E-state index is 12.3. The van der Waals surface area contributed by atoms with Crippen LogP contribution in [0.3, 0.4) is 0 Å². The fourth-order valence-electron chi connectivity index (χ4n) is 3.13. The van der Waals surface area contributed by atoms with Crippen molar-refractivity contribution in [2.75, 3.05) is 11.1 Å². The van der Waals surface area contributed by atoms with E-state index in [1.807, 2.05) is 18.2 Å². The zero-order chi connectivity index (χ0) is 16.6. The summed E-state index contributed by atoms with van der Waals surface area (Å²) in [6.45, 7) is 6.28. The van der Waals surface area contributed by atoms with Crippen LogP contribution < -0.4 is 11.1 Å².